The third kappa shape index (κ3) is 4.22. The van der Waals surface area contributed by atoms with E-state index >= 15 is 0 Å². The van der Waals surface area contributed by atoms with Gasteiger partial charge in [0.1, 0.15) is 0 Å². The number of benzene rings is 2. The molecule has 0 bridgehead atoms. The van der Waals surface area contributed by atoms with Crippen LogP contribution in [0.2, 0.25) is 0 Å². The summed E-state index contributed by atoms with van der Waals surface area (Å²) in [5.41, 5.74) is 2.74. The molecule has 1 saturated carbocycles. The predicted octanol–water partition coefficient (Wildman–Crippen LogP) is 4.53. The summed E-state index contributed by atoms with van der Waals surface area (Å²) in [5.74, 6) is 1.29. The molecule has 0 saturated heterocycles. The van der Waals surface area contributed by atoms with Gasteiger partial charge >= 0.3 is 5.76 Å². The van der Waals surface area contributed by atoms with Crippen LogP contribution in [0.15, 0.2) is 62.6 Å². The summed E-state index contributed by atoms with van der Waals surface area (Å²) in [4.78, 5) is 15.3. The maximum atomic E-state index is 11.3. The highest BCUT2D eigenvalue weighted by atomic mass is 32.2. The van der Waals surface area contributed by atoms with Crippen molar-refractivity contribution >= 4 is 22.9 Å². The van der Waals surface area contributed by atoms with Crippen LogP contribution in [-0.2, 0) is 0 Å². The number of fused-ring (bicyclic) bond motifs is 1. The Morgan fingerprint density at radius 2 is 1.88 bits per heavy atom. The van der Waals surface area contributed by atoms with Crippen molar-refractivity contribution in [2.45, 2.75) is 42.5 Å². The van der Waals surface area contributed by atoms with Gasteiger partial charge in [0, 0.05) is 23.2 Å². The normalized spacial score (nSPS) is 20.5. The van der Waals surface area contributed by atoms with E-state index in [4.69, 9.17) is 4.42 Å². The molecule has 4 nitrogen and oxygen atoms in total. The Morgan fingerprint density at radius 3 is 2.69 bits per heavy atom. The van der Waals surface area contributed by atoms with Crippen molar-refractivity contribution in [2.75, 3.05) is 12.3 Å². The second kappa shape index (κ2) is 8.14. The zero-order chi connectivity index (χ0) is 17.8. The molecule has 0 spiro atoms. The monoisotopic (exact) mass is 368 g/mol. The number of aromatic amines is 1. The Kier molecular flexibility index (Phi) is 5.46. The number of nitrogens with one attached hydrogen (secondary N) is 2. The highest BCUT2D eigenvalue weighted by molar-refractivity contribution is 7.99. The molecular weight excluding hydrogens is 344 g/mol. The minimum atomic E-state index is -0.376. The predicted molar refractivity (Wildman–Crippen MR) is 107 cm³/mol. The standard InChI is InChI=1S/C21H24N2O2S/c24-21-23-19-11-8-16(14-20(19)25-21)15-6-9-17(10-7-15)22-12-13-26-18-4-2-1-3-5-18/h1-5,8,11,14-15,17,22H,6-7,9-10,12-13H2,(H,23,24). The van der Waals surface area contributed by atoms with E-state index in [9.17, 15) is 4.79 Å². The van der Waals surface area contributed by atoms with E-state index in [2.05, 4.69) is 46.7 Å². The van der Waals surface area contributed by atoms with Crippen LogP contribution in [-0.4, -0.2) is 23.3 Å². The largest absolute Gasteiger partial charge is 0.417 e. The zero-order valence-electron chi connectivity index (χ0n) is 14.7. The number of oxazole rings is 1. The summed E-state index contributed by atoms with van der Waals surface area (Å²) in [5, 5.41) is 3.71. The van der Waals surface area contributed by atoms with Crippen molar-refractivity contribution in [2.24, 2.45) is 0 Å². The summed E-state index contributed by atoms with van der Waals surface area (Å²) in [6.07, 6.45) is 4.78. The summed E-state index contributed by atoms with van der Waals surface area (Å²) >= 11 is 1.91. The summed E-state index contributed by atoms with van der Waals surface area (Å²) in [6, 6.07) is 17.3. The lowest BCUT2D eigenvalue weighted by Gasteiger charge is -2.29. The van der Waals surface area contributed by atoms with E-state index in [0.717, 1.165) is 17.8 Å². The zero-order valence-corrected chi connectivity index (χ0v) is 15.6. The van der Waals surface area contributed by atoms with Gasteiger partial charge in [-0.2, -0.15) is 0 Å². The van der Waals surface area contributed by atoms with E-state index in [-0.39, 0.29) is 5.76 Å². The van der Waals surface area contributed by atoms with E-state index < -0.39 is 0 Å². The van der Waals surface area contributed by atoms with Crippen LogP contribution >= 0.6 is 11.8 Å². The summed E-state index contributed by atoms with van der Waals surface area (Å²) < 4.78 is 5.20. The molecule has 0 atom stereocenters. The lowest BCUT2D eigenvalue weighted by Crippen LogP contribution is -2.34. The number of hydrogen-bond donors (Lipinski definition) is 2. The fourth-order valence-corrected chi connectivity index (χ4v) is 4.60. The molecule has 3 aromatic rings. The van der Waals surface area contributed by atoms with Gasteiger partial charge in [-0.25, -0.2) is 4.79 Å². The van der Waals surface area contributed by atoms with Crippen molar-refractivity contribution in [1.29, 1.82) is 0 Å². The molecular formula is C21H24N2O2S. The van der Waals surface area contributed by atoms with Gasteiger partial charge in [-0.1, -0.05) is 24.3 Å². The van der Waals surface area contributed by atoms with E-state index in [1.54, 1.807) is 0 Å². The molecule has 26 heavy (non-hydrogen) atoms. The van der Waals surface area contributed by atoms with Crippen molar-refractivity contribution in [3.05, 3.63) is 64.6 Å². The average Bonchev–Trinajstić information content (AvgIpc) is 3.06. The van der Waals surface area contributed by atoms with Crippen LogP contribution in [0.4, 0.5) is 0 Å². The van der Waals surface area contributed by atoms with Gasteiger partial charge < -0.3 is 9.73 Å². The topological polar surface area (TPSA) is 58.0 Å². The molecule has 1 aromatic heterocycles. The first-order valence-corrected chi connectivity index (χ1v) is 10.3. The van der Waals surface area contributed by atoms with Crippen molar-refractivity contribution < 1.29 is 4.42 Å². The van der Waals surface area contributed by atoms with Gasteiger partial charge in [0.25, 0.3) is 0 Å². The van der Waals surface area contributed by atoms with Crippen LogP contribution in [0.25, 0.3) is 11.1 Å². The Hall–Kier alpha value is -1.98. The fraction of sp³-hybridized carbons (Fsp3) is 0.381. The third-order valence-electron chi connectivity index (χ3n) is 5.19. The van der Waals surface area contributed by atoms with Gasteiger partial charge in [-0.15, -0.1) is 11.8 Å². The van der Waals surface area contributed by atoms with Gasteiger partial charge in [-0.05, 0) is 61.4 Å². The minimum Gasteiger partial charge on any atom is -0.408 e. The van der Waals surface area contributed by atoms with Crippen molar-refractivity contribution in [3.63, 3.8) is 0 Å². The second-order valence-corrected chi connectivity index (χ2v) is 8.10. The molecule has 0 unspecified atom stereocenters. The second-order valence-electron chi connectivity index (χ2n) is 6.93. The van der Waals surface area contributed by atoms with Crippen LogP contribution in [0.5, 0.6) is 0 Å². The Morgan fingerprint density at radius 1 is 1.08 bits per heavy atom. The molecule has 2 N–H and O–H groups in total. The lowest BCUT2D eigenvalue weighted by molar-refractivity contribution is 0.348. The highest BCUT2D eigenvalue weighted by Crippen LogP contribution is 2.34. The molecule has 1 aliphatic carbocycles. The summed E-state index contributed by atoms with van der Waals surface area (Å²) in [7, 11) is 0. The molecule has 136 valence electrons. The van der Waals surface area contributed by atoms with E-state index in [0.29, 0.717) is 17.5 Å². The maximum absolute atomic E-state index is 11.3. The Balaban J connectivity index is 1.23. The smallest absolute Gasteiger partial charge is 0.408 e. The van der Waals surface area contributed by atoms with Gasteiger partial charge in [0.05, 0.1) is 5.52 Å². The molecule has 4 rings (SSSR count). The molecule has 0 amide bonds. The quantitative estimate of drug-likeness (QED) is 0.496. The number of aromatic nitrogens is 1. The van der Waals surface area contributed by atoms with Crippen molar-refractivity contribution in [3.8, 4) is 0 Å². The minimum absolute atomic E-state index is 0.376. The van der Waals surface area contributed by atoms with Crippen LogP contribution in [0.3, 0.4) is 0 Å². The fourth-order valence-electron chi connectivity index (χ4n) is 3.80. The van der Waals surface area contributed by atoms with Gasteiger partial charge in [0.15, 0.2) is 5.58 Å². The molecule has 5 heteroatoms. The summed E-state index contributed by atoms with van der Waals surface area (Å²) in [6.45, 7) is 1.05. The average molecular weight is 369 g/mol. The lowest BCUT2D eigenvalue weighted by atomic mass is 9.81. The Bertz CT molecular complexity index is 895. The molecule has 1 aliphatic rings. The molecule has 0 radical (unpaired) electrons. The number of hydrogen-bond acceptors (Lipinski definition) is 4. The molecule has 0 aliphatic heterocycles. The highest BCUT2D eigenvalue weighted by Gasteiger charge is 2.22. The number of thioether (sulfide) groups is 1. The first-order chi connectivity index (χ1) is 12.8. The van der Waals surface area contributed by atoms with Crippen LogP contribution < -0.4 is 11.1 Å². The third-order valence-corrected chi connectivity index (χ3v) is 6.20. The van der Waals surface area contributed by atoms with Crippen LogP contribution in [0, 0.1) is 0 Å². The SMILES string of the molecule is O=c1[nH]c2ccc(C3CCC(NCCSc4ccccc4)CC3)cc2o1. The van der Waals surface area contributed by atoms with Gasteiger partial charge in [-0.3, -0.25) is 4.98 Å². The number of rotatable bonds is 6. The van der Waals surface area contributed by atoms with Gasteiger partial charge in [0.2, 0.25) is 0 Å². The van der Waals surface area contributed by atoms with E-state index in [1.807, 2.05) is 23.9 Å². The van der Waals surface area contributed by atoms with Crippen molar-refractivity contribution in [1.82, 2.24) is 10.3 Å². The van der Waals surface area contributed by atoms with Crippen LogP contribution in [0.1, 0.15) is 37.2 Å². The molecule has 1 fully saturated rings. The molecule has 2 aromatic carbocycles. The molecule has 1 heterocycles. The van der Waals surface area contributed by atoms with E-state index in [1.165, 1.54) is 36.1 Å². The first kappa shape index (κ1) is 17.4. The first-order valence-electron chi connectivity index (χ1n) is 9.32. The Labute approximate surface area is 157 Å². The maximum Gasteiger partial charge on any atom is 0.417 e. The number of H-pyrrole nitrogens is 1.